The SMILES string of the molecule is CCC(C)CC(CC)N[C@H](C)CCO. The molecule has 0 aromatic rings. The van der Waals surface area contributed by atoms with Crippen LogP contribution >= 0.6 is 0 Å². The van der Waals surface area contributed by atoms with Crippen molar-refractivity contribution < 1.29 is 5.11 Å². The van der Waals surface area contributed by atoms with E-state index >= 15 is 0 Å². The molecule has 0 bridgehead atoms. The number of rotatable bonds is 8. The molecule has 0 aromatic carbocycles. The van der Waals surface area contributed by atoms with Gasteiger partial charge in [-0.05, 0) is 32.1 Å². The Kier molecular flexibility index (Phi) is 8.20. The smallest absolute Gasteiger partial charge is 0.0445 e. The lowest BCUT2D eigenvalue weighted by molar-refractivity contribution is 0.256. The minimum Gasteiger partial charge on any atom is -0.396 e. The summed E-state index contributed by atoms with van der Waals surface area (Å²) in [6, 6.07) is 1.06. The minimum absolute atomic E-state index is 0.286. The van der Waals surface area contributed by atoms with Crippen molar-refractivity contribution in [1.82, 2.24) is 5.32 Å². The maximum atomic E-state index is 8.81. The van der Waals surface area contributed by atoms with E-state index in [1.165, 1.54) is 19.3 Å². The van der Waals surface area contributed by atoms with Gasteiger partial charge < -0.3 is 10.4 Å². The van der Waals surface area contributed by atoms with Gasteiger partial charge in [-0.1, -0.05) is 27.2 Å². The molecule has 0 radical (unpaired) electrons. The zero-order valence-corrected chi connectivity index (χ0v) is 10.2. The number of aliphatic hydroxyl groups is 1. The summed E-state index contributed by atoms with van der Waals surface area (Å²) in [7, 11) is 0. The van der Waals surface area contributed by atoms with Crippen molar-refractivity contribution in [3.05, 3.63) is 0 Å². The standard InChI is InChI=1S/C12H27NO/c1-5-10(3)9-12(6-2)13-11(4)7-8-14/h10-14H,5-9H2,1-4H3/t10?,11-,12?/m1/s1. The Balaban J connectivity index is 3.77. The van der Waals surface area contributed by atoms with Crippen molar-refractivity contribution in [1.29, 1.82) is 0 Å². The first-order valence-electron chi connectivity index (χ1n) is 6.00. The summed E-state index contributed by atoms with van der Waals surface area (Å²) in [5, 5.41) is 12.4. The van der Waals surface area contributed by atoms with Gasteiger partial charge in [-0.15, -0.1) is 0 Å². The zero-order valence-electron chi connectivity index (χ0n) is 10.2. The van der Waals surface area contributed by atoms with Crippen molar-refractivity contribution in [3.8, 4) is 0 Å². The van der Waals surface area contributed by atoms with Crippen LogP contribution in [0.1, 0.15) is 53.4 Å². The molecule has 0 saturated carbocycles. The molecular weight excluding hydrogens is 174 g/mol. The first-order chi connectivity index (χ1) is 6.63. The fourth-order valence-electron chi connectivity index (χ4n) is 1.68. The molecule has 0 heterocycles. The van der Waals surface area contributed by atoms with Crippen LogP contribution in [0, 0.1) is 5.92 Å². The molecule has 0 aliphatic carbocycles. The second kappa shape index (κ2) is 8.25. The number of hydrogen-bond donors (Lipinski definition) is 2. The molecule has 0 aliphatic heterocycles. The molecular formula is C12H27NO. The Morgan fingerprint density at radius 1 is 1.14 bits per heavy atom. The molecule has 2 heteroatoms. The highest BCUT2D eigenvalue weighted by Gasteiger charge is 2.12. The van der Waals surface area contributed by atoms with Crippen molar-refractivity contribution in [2.45, 2.75) is 65.5 Å². The van der Waals surface area contributed by atoms with Crippen LogP contribution in [0.3, 0.4) is 0 Å². The van der Waals surface area contributed by atoms with Gasteiger partial charge in [0.2, 0.25) is 0 Å². The summed E-state index contributed by atoms with van der Waals surface area (Å²) in [6.45, 7) is 9.21. The van der Waals surface area contributed by atoms with Crippen LogP contribution in [0.25, 0.3) is 0 Å². The predicted octanol–water partition coefficient (Wildman–Crippen LogP) is 2.56. The van der Waals surface area contributed by atoms with Crippen molar-refractivity contribution in [3.63, 3.8) is 0 Å². The lowest BCUT2D eigenvalue weighted by atomic mass is 9.97. The topological polar surface area (TPSA) is 32.3 Å². The molecule has 3 atom stereocenters. The van der Waals surface area contributed by atoms with Gasteiger partial charge in [0.1, 0.15) is 0 Å². The van der Waals surface area contributed by atoms with Crippen LogP contribution in [0.5, 0.6) is 0 Å². The van der Waals surface area contributed by atoms with Gasteiger partial charge in [-0.2, -0.15) is 0 Å². The third-order valence-corrected chi connectivity index (χ3v) is 2.96. The van der Waals surface area contributed by atoms with Gasteiger partial charge in [-0.25, -0.2) is 0 Å². The number of aliphatic hydroxyl groups excluding tert-OH is 1. The van der Waals surface area contributed by atoms with Crippen molar-refractivity contribution in [2.24, 2.45) is 5.92 Å². The molecule has 0 spiro atoms. The van der Waals surface area contributed by atoms with Crippen LogP contribution in [0.15, 0.2) is 0 Å². The fourth-order valence-corrected chi connectivity index (χ4v) is 1.68. The first kappa shape index (κ1) is 13.9. The summed E-state index contributed by atoms with van der Waals surface area (Å²) in [5.74, 6) is 0.800. The molecule has 14 heavy (non-hydrogen) atoms. The van der Waals surface area contributed by atoms with Crippen molar-refractivity contribution in [2.75, 3.05) is 6.61 Å². The predicted molar refractivity (Wildman–Crippen MR) is 62.5 cm³/mol. The molecule has 0 fully saturated rings. The highest BCUT2D eigenvalue weighted by molar-refractivity contribution is 4.72. The average Bonchev–Trinajstić information content (AvgIpc) is 2.16. The molecule has 0 saturated heterocycles. The van der Waals surface area contributed by atoms with E-state index in [0.717, 1.165) is 12.3 Å². The van der Waals surface area contributed by atoms with Crippen LogP contribution in [-0.2, 0) is 0 Å². The summed E-state index contributed by atoms with van der Waals surface area (Å²) in [6.07, 6.45) is 4.55. The third-order valence-electron chi connectivity index (χ3n) is 2.96. The maximum Gasteiger partial charge on any atom is 0.0445 e. The van der Waals surface area contributed by atoms with E-state index < -0.39 is 0 Å². The van der Waals surface area contributed by atoms with Crippen LogP contribution in [-0.4, -0.2) is 23.8 Å². The molecule has 0 aliphatic rings. The molecule has 2 unspecified atom stereocenters. The van der Waals surface area contributed by atoms with E-state index in [1.807, 2.05) is 0 Å². The Labute approximate surface area is 89.1 Å². The fraction of sp³-hybridized carbons (Fsp3) is 1.00. The molecule has 2 nitrogen and oxygen atoms in total. The Morgan fingerprint density at radius 3 is 2.21 bits per heavy atom. The van der Waals surface area contributed by atoms with E-state index in [1.54, 1.807) is 0 Å². The van der Waals surface area contributed by atoms with E-state index in [-0.39, 0.29) is 6.61 Å². The normalized spacial score (nSPS) is 17.8. The maximum absolute atomic E-state index is 8.81. The Hall–Kier alpha value is -0.0800. The lowest BCUT2D eigenvalue weighted by Crippen LogP contribution is -2.37. The van der Waals surface area contributed by atoms with Crippen molar-refractivity contribution >= 4 is 0 Å². The van der Waals surface area contributed by atoms with Gasteiger partial charge in [0, 0.05) is 18.7 Å². The van der Waals surface area contributed by atoms with Crippen LogP contribution in [0.2, 0.25) is 0 Å². The molecule has 86 valence electrons. The summed E-state index contributed by atoms with van der Waals surface area (Å²) >= 11 is 0. The summed E-state index contributed by atoms with van der Waals surface area (Å²) < 4.78 is 0. The summed E-state index contributed by atoms with van der Waals surface area (Å²) in [5.41, 5.74) is 0. The van der Waals surface area contributed by atoms with E-state index in [0.29, 0.717) is 12.1 Å². The van der Waals surface area contributed by atoms with Gasteiger partial charge in [-0.3, -0.25) is 0 Å². The Morgan fingerprint density at radius 2 is 1.79 bits per heavy atom. The monoisotopic (exact) mass is 201 g/mol. The van der Waals surface area contributed by atoms with Gasteiger partial charge >= 0.3 is 0 Å². The highest BCUT2D eigenvalue weighted by Crippen LogP contribution is 2.12. The summed E-state index contributed by atoms with van der Waals surface area (Å²) in [4.78, 5) is 0. The van der Waals surface area contributed by atoms with Gasteiger partial charge in [0.05, 0.1) is 0 Å². The van der Waals surface area contributed by atoms with E-state index in [2.05, 4.69) is 33.0 Å². The molecule has 0 rings (SSSR count). The highest BCUT2D eigenvalue weighted by atomic mass is 16.3. The van der Waals surface area contributed by atoms with Crippen LogP contribution < -0.4 is 5.32 Å². The Bertz CT molecular complexity index is 127. The van der Waals surface area contributed by atoms with E-state index in [4.69, 9.17) is 5.11 Å². The number of nitrogens with one attached hydrogen (secondary N) is 1. The zero-order chi connectivity index (χ0) is 11.0. The molecule has 0 amide bonds. The second-order valence-electron chi connectivity index (χ2n) is 4.43. The quantitative estimate of drug-likeness (QED) is 0.632. The molecule has 2 N–H and O–H groups in total. The largest absolute Gasteiger partial charge is 0.396 e. The number of hydrogen-bond acceptors (Lipinski definition) is 2. The first-order valence-corrected chi connectivity index (χ1v) is 6.00. The van der Waals surface area contributed by atoms with Gasteiger partial charge in [0.15, 0.2) is 0 Å². The third kappa shape index (κ3) is 6.39. The molecule has 0 aromatic heterocycles. The van der Waals surface area contributed by atoms with E-state index in [9.17, 15) is 0 Å². The average molecular weight is 201 g/mol. The lowest BCUT2D eigenvalue weighted by Gasteiger charge is -2.24. The minimum atomic E-state index is 0.286. The second-order valence-corrected chi connectivity index (χ2v) is 4.43. The van der Waals surface area contributed by atoms with Crippen LogP contribution in [0.4, 0.5) is 0 Å². The van der Waals surface area contributed by atoms with Gasteiger partial charge in [0.25, 0.3) is 0 Å².